The normalized spacial score (nSPS) is 15.1. The molecule has 41 heavy (non-hydrogen) atoms. The molecule has 1 fully saturated rings. The molecule has 1 aliphatic carbocycles. The number of aryl methyl sites for hydroxylation is 1. The van der Waals surface area contributed by atoms with Crippen LogP contribution in [0, 0.1) is 33.3 Å². The SMILES string of the molecule is Cc1nc(F)ccc1C(Nc1cc(Cl)c2ncc(C#N)c(NCC(C)(C)C)c2c1)c1nnn(C2(C(F)F)CC2)c1I. The average Bonchev–Trinajstić information content (AvgIpc) is 3.62. The summed E-state index contributed by atoms with van der Waals surface area (Å²) < 4.78 is 43.6. The van der Waals surface area contributed by atoms with Crippen LogP contribution in [0.2, 0.25) is 5.02 Å². The first-order valence-electron chi connectivity index (χ1n) is 12.9. The number of hydrogen-bond acceptors (Lipinski definition) is 7. The number of aromatic nitrogens is 5. The van der Waals surface area contributed by atoms with Crippen molar-refractivity contribution in [1.82, 2.24) is 25.0 Å². The van der Waals surface area contributed by atoms with E-state index in [1.54, 1.807) is 19.1 Å². The van der Waals surface area contributed by atoms with Crippen LogP contribution in [0.5, 0.6) is 0 Å². The molecule has 0 bridgehead atoms. The number of nitriles is 1. The van der Waals surface area contributed by atoms with E-state index in [0.717, 1.165) is 0 Å². The summed E-state index contributed by atoms with van der Waals surface area (Å²) >= 11 is 8.67. The van der Waals surface area contributed by atoms with E-state index in [4.69, 9.17) is 11.6 Å². The van der Waals surface area contributed by atoms with Gasteiger partial charge in [-0.25, -0.2) is 18.4 Å². The van der Waals surface area contributed by atoms with Gasteiger partial charge in [-0.3, -0.25) is 4.98 Å². The van der Waals surface area contributed by atoms with E-state index in [1.807, 2.05) is 28.7 Å². The zero-order chi connectivity index (χ0) is 29.7. The first kappa shape index (κ1) is 29.3. The highest BCUT2D eigenvalue weighted by Crippen LogP contribution is 2.49. The molecule has 13 heteroatoms. The molecule has 1 saturated carbocycles. The Bertz CT molecular complexity index is 1670. The number of pyridine rings is 2. The molecular weight excluding hydrogens is 668 g/mol. The van der Waals surface area contributed by atoms with Crippen molar-refractivity contribution < 1.29 is 13.2 Å². The van der Waals surface area contributed by atoms with E-state index in [2.05, 4.69) is 57.8 Å². The quantitative estimate of drug-likeness (QED) is 0.148. The smallest absolute Gasteiger partial charge is 0.263 e. The Morgan fingerprint density at radius 3 is 2.59 bits per heavy atom. The van der Waals surface area contributed by atoms with Gasteiger partial charge >= 0.3 is 0 Å². The third-order valence-corrected chi connectivity index (χ3v) is 8.36. The second-order valence-electron chi connectivity index (χ2n) is 11.4. The summed E-state index contributed by atoms with van der Waals surface area (Å²) in [5, 5.41) is 26.0. The van der Waals surface area contributed by atoms with E-state index >= 15 is 0 Å². The van der Waals surface area contributed by atoms with Crippen molar-refractivity contribution in [1.29, 1.82) is 5.26 Å². The minimum Gasteiger partial charge on any atom is -0.383 e. The molecule has 0 spiro atoms. The largest absolute Gasteiger partial charge is 0.383 e. The Morgan fingerprint density at radius 2 is 1.98 bits per heavy atom. The molecule has 214 valence electrons. The molecule has 1 atom stereocenters. The number of rotatable bonds is 8. The van der Waals surface area contributed by atoms with Gasteiger partial charge in [-0.1, -0.05) is 43.7 Å². The van der Waals surface area contributed by atoms with Crippen molar-refractivity contribution in [2.24, 2.45) is 5.41 Å². The summed E-state index contributed by atoms with van der Waals surface area (Å²) in [7, 11) is 0. The van der Waals surface area contributed by atoms with Gasteiger partial charge in [0.05, 0.1) is 21.8 Å². The first-order chi connectivity index (χ1) is 19.3. The Labute approximate surface area is 253 Å². The second-order valence-corrected chi connectivity index (χ2v) is 12.8. The predicted octanol–water partition coefficient (Wildman–Crippen LogP) is 7.21. The van der Waals surface area contributed by atoms with Gasteiger partial charge in [-0.05, 0) is 66.0 Å². The summed E-state index contributed by atoms with van der Waals surface area (Å²) in [4.78, 5) is 8.39. The zero-order valence-corrected chi connectivity index (χ0v) is 25.6. The maximum absolute atomic E-state index is 14.0. The number of nitrogens with one attached hydrogen (secondary N) is 2. The number of nitrogens with zero attached hydrogens (tertiary/aromatic N) is 6. The highest BCUT2D eigenvalue weighted by Gasteiger charge is 2.55. The summed E-state index contributed by atoms with van der Waals surface area (Å²) in [6.07, 6.45) is -0.499. The van der Waals surface area contributed by atoms with Crippen molar-refractivity contribution in [2.75, 3.05) is 17.2 Å². The number of anilines is 2. The Morgan fingerprint density at radius 1 is 1.24 bits per heavy atom. The lowest BCUT2D eigenvalue weighted by Crippen LogP contribution is -2.28. The van der Waals surface area contributed by atoms with Gasteiger partial charge < -0.3 is 10.6 Å². The van der Waals surface area contributed by atoms with Gasteiger partial charge in [-0.15, -0.1) is 5.10 Å². The van der Waals surface area contributed by atoms with Crippen LogP contribution < -0.4 is 10.6 Å². The van der Waals surface area contributed by atoms with E-state index in [9.17, 15) is 18.4 Å². The van der Waals surface area contributed by atoms with Crippen LogP contribution in [0.4, 0.5) is 24.5 Å². The highest BCUT2D eigenvalue weighted by molar-refractivity contribution is 14.1. The molecule has 0 radical (unpaired) electrons. The van der Waals surface area contributed by atoms with Crippen LogP contribution in [0.25, 0.3) is 10.9 Å². The molecule has 0 saturated heterocycles. The monoisotopic (exact) mass is 694 g/mol. The van der Waals surface area contributed by atoms with Crippen LogP contribution in [-0.2, 0) is 5.54 Å². The molecule has 1 aliphatic rings. The van der Waals surface area contributed by atoms with Crippen molar-refractivity contribution in [2.45, 2.75) is 58.5 Å². The minimum atomic E-state index is -2.59. The van der Waals surface area contributed by atoms with Crippen molar-refractivity contribution in [3.05, 3.63) is 67.6 Å². The van der Waals surface area contributed by atoms with Gasteiger partial charge in [0.1, 0.15) is 27.0 Å². The van der Waals surface area contributed by atoms with Crippen molar-refractivity contribution >= 4 is 56.5 Å². The number of hydrogen-bond donors (Lipinski definition) is 2. The maximum Gasteiger partial charge on any atom is 0.263 e. The fourth-order valence-electron chi connectivity index (χ4n) is 4.67. The van der Waals surface area contributed by atoms with Crippen LogP contribution >= 0.6 is 34.2 Å². The average molecular weight is 695 g/mol. The molecule has 0 amide bonds. The topological polar surface area (TPSA) is 104 Å². The standard InChI is InChI=1S/C28H27ClF3IN8/c1-14-17(5-6-20(30)37-14)23(24-25(33)41(40-39-24)28(7-8-28)26(31)32)38-16-9-18-21(36-13-27(2,3)4)15(11-34)12-35-22(18)19(29)10-16/h5-6,9-10,12,23,26,38H,7-8,13H2,1-4H3,(H,35,36). The van der Waals surface area contributed by atoms with E-state index in [1.165, 1.54) is 16.9 Å². The molecule has 3 aromatic heterocycles. The second kappa shape index (κ2) is 10.9. The zero-order valence-electron chi connectivity index (χ0n) is 22.7. The highest BCUT2D eigenvalue weighted by atomic mass is 127. The summed E-state index contributed by atoms with van der Waals surface area (Å²) in [6, 6.07) is 7.79. The third-order valence-electron chi connectivity index (χ3n) is 7.06. The van der Waals surface area contributed by atoms with E-state index in [0.29, 0.717) is 72.9 Å². The number of benzene rings is 1. The number of fused-ring (bicyclic) bond motifs is 1. The lowest BCUT2D eigenvalue weighted by atomic mass is 9.96. The van der Waals surface area contributed by atoms with Gasteiger partial charge in [0.2, 0.25) is 5.95 Å². The van der Waals surface area contributed by atoms with Crippen LogP contribution in [-0.4, -0.2) is 37.9 Å². The van der Waals surface area contributed by atoms with Crippen LogP contribution in [0.15, 0.2) is 30.5 Å². The van der Waals surface area contributed by atoms with Crippen molar-refractivity contribution in [3.63, 3.8) is 0 Å². The Hall–Kier alpha value is -3.18. The fraction of sp³-hybridized carbons (Fsp3) is 0.393. The van der Waals surface area contributed by atoms with Gasteiger partial charge in [-0.2, -0.15) is 9.65 Å². The van der Waals surface area contributed by atoms with Gasteiger partial charge in [0.25, 0.3) is 6.43 Å². The van der Waals surface area contributed by atoms with E-state index in [-0.39, 0.29) is 5.41 Å². The Balaban J connectivity index is 1.64. The third kappa shape index (κ3) is 5.66. The minimum absolute atomic E-state index is 0.0696. The van der Waals surface area contributed by atoms with Crippen LogP contribution in [0.3, 0.4) is 0 Å². The summed E-state index contributed by atoms with van der Waals surface area (Å²) in [6.45, 7) is 8.48. The van der Waals surface area contributed by atoms with Gasteiger partial charge in [0, 0.05) is 35.1 Å². The molecular formula is C28H27ClF3IN8. The van der Waals surface area contributed by atoms with Gasteiger partial charge in [0.15, 0.2) is 0 Å². The molecule has 3 heterocycles. The van der Waals surface area contributed by atoms with E-state index < -0.39 is 24.0 Å². The maximum atomic E-state index is 14.0. The molecule has 2 N–H and O–H groups in total. The molecule has 1 aromatic carbocycles. The summed E-state index contributed by atoms with van der Waals surface area (Å²) in [5.41, 5.74) is 1.96. The van der Waals surface area contributed by atoms with Crippen molar-refractivity contribution in [3.8, 4) is 6.07 Å². The molecule has 4 aromatic rings. The predicted molar refractivity (Wildman–Crippen MR) is 160 cm³/mol. The van der Waals surface area contributed by atoms with Crippen LogP contribution in [0.1, 0.15) is 62.2 Å². The first-order valence-corrected chi connectivity index (χ1v) is 14.4. The molecule has 0 aliphatic heterocycles. The molecule has 1 unspecified atom stereocenters. The molecule has 8 nitrogen and oxygen atoms in total. The lowest BCUT2D eigenvalue weighted by molar-refractivity contribution is 0.0578. The fourth-order valence-corrected chi connectivity index (χ4v) is 5.94. The Kier molecular flexibility index (Phi) is 7.80. The summed E-state index contributed by atoms with van der Waals surface area (Å²) in [5.74, 6) is -0.642. The lowest BCUT2D eigenvalue weighted by Gasteiger charge is -2.23. The number of halogens is 5. The molecule has 5 rings (SSSR count). The number of alkyl halides is 2.